The zero-order valence-electron chi connectivity index (χ0n) is 16.9. The number of nitrogens with zero attached hydrogens (tertiary/aromatic N) is 2. The molecule has 2 heterocycles. The molecule has 0 aliphatic carbocycles. The molecule has 1 aromatic carbocycles. The minimum atomic E-state index is 0.00317. The summed E-state index contributed by atoms with van der Waals surface area (Å²) in [4.78, 5) is 17.5. The Labute approximate surface area is 162 Å². The van der Waals surface area contributed by atoms with Crippen molar-refractivity contribution >= 4 is 11.6 Å². The highest BCUT2D eigenvalue weighted by Gasteiger charge is 2.24. The lowest BCUT2D eigenvalue weighted by Gasteiger charge is -2.37. The molecular formula is C21H33N3O3. The Balaban J connectivity index is 1.64. The molecule has 0 radical (unpaired) electrons. The molecule has 2 fully saturated rings. The molecule has 2 aliphatic heterocycles. The van der Waals surface area contributed by atoms with E-state index in [2.05, 4.69) is 35.9 Å². The van der Waals surface area contributed by atoms with Crippen LogP contribution in [0.1, 0.15) is 29.8 Å². The summed E-state index contributed by atoms with van der Waals surface area (Å²) in [6.45, 7) is 13.8. The second kappa shape index (κ2) is 9.53. The maximum absolute atomic E-state index is 12.8. The van der Waals surface area contributed by atoms with E-state index < -0.39 is 0 Å². The van der Waals surface area contributed by atoms with Gasteiger partial charge in [0.2, 0.25) is 0 Å². The highest BCUT2D eigenvalue weighted by molar-refractivity contribution is 5.95. The quantitative estimate of drug-likeness (QED) is 0.823. The van der Waals surface area contributed by atoms with Gasteiger partial charge in [0.15, 0.2) is 0 Å². The Morgan fingerprint density at radius 3 is 2.33 bits per heavy atom. The van der Waals surface area contributed by atoms with Gasteiger partial charge in [0, 0.05) is 50.0 Å². The van der Waals surface area contributed by atoms with Gasteiger partial charge in [0.1, 0.15) is 0 Å². The highest BCUT2D eigenvalue weighted by Crippen LogP contribution is 2.23. The molecule has 1 N–H and O–H groups in total. The molecule has 6 heteroatoms. The number of benzene rings is 1. The summed E-state index contributed by atoms with van der Waals surface area (Å²) in [5.74, 6) is 0.480. The Bertz CT molecular complexity index is 623. The first-order valence-electron chi connectivity index (χ1n) is 10.1. The molecule has 1 amide bonds. The molecule has 0 saturated carbocycles. The summed E-state index contributed by atoms with van der Waals surface area (Å²) in [6, 6.07) is 6.33. The van der Waals surface area contributed by atoms with Crippen LogP contribution in [0.2, 0.25) is 0 Å². The van der Waals surface area contributed by atoms with Crippen LogP contribution in [0.4, 0.5) is 5.69 Å². The third-order valence-electron chi connectivity index (χ3n) is 5.58. The Morgan fingerprint density at radius 1 is 1.07 bits per heavy atom. The zero-order valence-corrected chi connectivity index (χ0v) is 16.9. The smallest absolute Gasteiger partial charge is 0.251 e. The summed E-state index contributed by atoms with van der Waals surface area (Å²) in [7, 11) is 0. The lowest BCUT2D eigenvalue weighted by Crippen LogP contribution is -2.51. The first kappa shape index (κ1) is 20.1. The van der Waals surface area contributed by atoms with Gasteiger partial charge in [-0.1, -0.05) is 19.9 Å². The second-order valence-corrected chi connectivity index (χ2v) is 7.77. The average molecular weight is 376 g/mol. The fraction of sp³-hybridized carbons (Fsp3) is 0.667. The molecule has 3 rings (SSSR count). The predicted molar refractivity (Wildman–Crippen MR) is 108 cm³/mol. The van der Waals surface area contributed by atoms with Crippen LogP contribution in [-0.2, 0) is 9.47 Å². The van der Waals surface area contributed by atoms with E-state index in [1.54, 1.807) is 0 Å². The van der Waals surface area contributed by atoms with Crippen molar-refractivity contribution in [2.45, 2.75) is 26.8 Å². The number of carbonyl (C=O) groups is 1. The number of hydrogen-bond acceptors (Lipinski definition) is 5. The molecule has 150 valence electrons. The number of hydrogen-bond donors (Lipinski definition) is 1. The normalized spacial score (nSPS) is 19.9. The number of morpholine rings is 2. The number of nitrogens with one attached hydrogen (secondary N) is 1. The highest BCUT2D eigenvalue weighted by atomic mass is 16.5. The third-order valence-corrected chi connectivity index (χ3v) is 5.58. The summed E-state index contributed by atoms with van der Waals surface area (Å²) < 4.78 is 10.9. The molecule has 2 aliphatic rings. The minimum Gasteiger partial charge on any atom is -0.379 e. The number of amides is 1. The molecule has 6 nitrogen and oxygen atoms in total. The van der Waals surface area contributed by atoms with Crippen molar-refractivity contribution in [3.05, 3.63) is 29.3 Å². The van der Waals surface area contributed by atoms with Gasteiger partial charge in [-0.2, -0.15) is 0 Å². The van der Waals surface area contributed by atoms with Crippen LogP contribution in [-0.4, -0.2) is 76.0 Å². The largest absolute Gasteiger partial charge is 0.379 e. The van der Waals surface area contributed by atoms with Crippen molar-refractivity contribution in [1.82, 2.24) is 10.2 Å². The molecule has 0 aromatic heterocycles. The van der Waals surface area contributed by atoms with Crippen LogP contribution in [0.25, 0.3) is 0 Å². The second-order valence-electron chi connectivity index (χ2n) is 7.77. The van der Waals surface area contributed by atoms with Crippen LogP contribution in [0, 0.1) is 12.8 Å². The fourth-order valence-electron chi connectivity index (χ4n) is 3.89. The van der Waals surface area contributed by atoms with Crippen LogP contribution >= 0.6 is 0 Å². The van der Waals surface area contributed by atoms with Crippen molar-refractivity contribution in [2.24, 2.45) is 5.92 Å². The Morgan fingerprint density at radius 2 is 1.70 bits per heavy atom. The number of rotatable bonds is 6. The van der Waals surface area contributed by atoms with Crippen molar-refractivity contribution in [3.8, 4) is 0 Å². The van der Waals surface area contributed by atoms with E-state index in [4.69, 9.17) is 9.47 Å². The fourth-order valence-corrected chi connectivity index (χ4v) is 3.89. The van der Waals surface area contributed by atoms with Gasteiger partial charge in [0.05, 0.1) is 26.4 Å². The van der Waals surface area contributed by atoms with E-state index in [1.807, 2.05) is 18.2 Å². The van der Waals surface area contributed by atoms with Gasteiger partial charge in [-0.3, -0.25) is 9.69 Å². The predicted octanol–water partition coefficient (Wildman–Crippen LogP) is 1.92. The molecule has 1 atom stereocenters. The van der Waals surface area contributed by atoms with Gasteiger partial charge < -0.3 is 19.7 Å². The number of anilines is 1. The van der Waals surface area contributed by atoms with Crippen molar-refractivity contribution in [3.63, 3.8) is 0 Å². The van der Waals surface area contributed by atoms with Crippen LogP contribution in [0.3, 0.4) is 0 Å². The lowest BCUT2D eigenvalue weighted by atomic mass is 10.0. The van der Waals surface area contributed by atoms with Gasteiger partial charge >= 0.3 is 0 Å². The van der Waals surface area contributed by atoms with Crippen LogP contribution < -0.4 is 10.2 Å². The first-order valence-corrected chi connectivity index (χ1v) is 10.1. The molecule has 1 unspecified atom stereocenters. The van der Waals surface area contributed by atoms with E-state index in [0.29, 0.717) is 18.5 Å². The topological polar surface area (TPSA) is 54.0 Å². The molecule has 0 bridgehead atoms. The van der Waals surface area contributed by atoms with Crippen molar-refractivity contribution < 1.29 is 14.3 Å². The Hall–Kier alpha value is -1.63. The maximum Gasteiger partial charge on any atom is 0.251 e. The van der Waals surface area contributed by atoms with E-state index in [0.717, 1.165) is 63.9 Å². The van der Waals surface area contributed by atoms with Gasteiger partial charge in [-0.05, 0) is 30.5 Å². The molecule has 2 saturated heterocycles. The molecular weight excluding hydrogens is 342 g/mol. The monoisotopic (exact) mass is 375 g/mol. The first-order chi connectivity index (χ1) is 13.1. The number of aryl methyl sites for hydroxylation is 1. The minimum absolute atomic E-state index is 0.00317. The van der Waals surface area contributed by atoms with Gasteiger partial charge in [0.25, 0.3) is 5.91 Å². The van der Waals surface area contributed by atoms with E-state index in [-0.39, 0.29) is 5.91 Å². The van der Waals surface area contributed by atoms with Crippen LogP contribution in [0.15, 0.2) is 18.2 Å². The third kappa shape index (κ3) is 5.21. The summed E-state index contributed by atoms with van der Waals surface area (Å²) >= 11 is 0. The van der Waals surface area contributed by atoms with E-state index in [9.17, 15) is 4.79 Å². The summed E-state index contributed by atoms with van der Waals surface area (Å²) in [6.07, 6.45) is 0. The van der Waals surface area contributed by atoms with Crippen LogP contribution in [0.5, 0.6) is 0 Å². The summed E-state index contributed by atoms with van der Waals surface area (Å²) in [5.41, 5.74) is 3.06. The summed E-state index contributed by atoms with van der Waals surface area (Å²) in [5, 5.41) is 3.16. The zero-order chi connectivity index (χ0) is 19.2. The Kier molecular flexibility index (Phi) is 7.10. The maximum atomic E-state index is 12.8. The van der Waals surface area contributed by atoms with Crippen molar-refractivity contribution in [1.29, 1.82) is 0 Å². The SMILES string of the molecule is Cc1ccc(C(=O)NCC(C(C)C)N2CCOCC2)cc1N1CCOCC1. The molecule has 1 aromatic rings. The van der Waals surface area contributed by atoms with Gasteiger partial charge in [-0.25, -0.2) is 0 Å². The number of ether oxygens (including phenoxy) is 2. The van der Waals surface area contributed by atoms with E-state index >= 15 is 0 Å². The standard InChI is InChI=1S/C21H33N3O3/c1-16(2)20(24-8-12-27-13-9-24)15-22-21(25)18-5-4-17(3)19(14-18)23-6-10-26-11-7-23/h4-5,14,16,20H,6-13,15H2,1-3H3,(H,22,25). The lowest BCUT2D eigenvalue weighted by molar-refractivity contribution is 0.00673. The van der Waals surface area contributed by atoms with E-state index in [1.165, 1.54) is 5.56 Å². The molecule has 27 heavy (non-hydrogen) atoms. The molecule has 0 spiro atoms. The van der Waals surface area contributed by atoms with Gasteiger partial charge in [-0.15, -0.1) is 0 Å². The van der Waals surface area contributed by atoms with Crippen molar-refractivity contribution in [2.75, 3.05) is 64.1 Å². The number of carbonyl (C=O) groups excluding carboxylic acids is 1. The average Bonchev–Trinajstić information content (AvgIpc) is 2.69.